The predicted molar refractivity (Wildman–Crippen MR) is 126 cm³/mol. The molecule has 1 aliphatic rings. The summed E-state index contributed by atoms with van der Waals surface area (Å²) in [5, 5.41) is 12.5. The summed E-state index contributed by atoms with van der Waals surface area (Å²) >= 11 is 0. The van der Waals surface area contributed by atoms with Crippen LogP contribution in [0.3, 0.4) is 0 Å². The van der Waals surface area contributed by atoms with Gasteiger partial charge in [0.15, 0.2) is 0 Å². The first-order valence-electron chi connectivity index (χ1n) is 11.3. The van der Waals surface area contributed by atoms with E-state index >= 15 is 0 Å². The molecule has 1 atom stereocenters. The fraction of sp³-hybridized carbons (Fsp3) is 0.480. The van der Waals surface area contributed by atoms with E-state index in [-0.39, 0.29) is 17.5 Å². The third-order valence-electron chi connectivity index (χ3n) is 6.21. The Labute approximate surface area is 191 Å². The fourth-order valence-electron chi connectivity index (χ4n) is 4.21. The molecule has 1 amide bonds. The number of nitrogens with one attached hydrogen (secondary N) is 1. The van der Waals surface area contributed by atoms with Gasteiger partial charge < -0.3 is 14.5 Å². The smallest absolute Gasteiger partial charge is 0.236 e. The number of rotatable bonds is 11. The maximum atomic E-state index is 13.1. The third kappa shape index (κ3) is 5.20. The van der Waals surface area contributed by atoms with Crippen LogP contribution in [0.4, 0.5) is 5.82 Å². The van der Waals surface area contributed by atoms with Crippen molar-refractivity contribution < 1.29 is 9.53 Å². The normalized spacial score (nSPS) is 14.8. The molecular formula is C25H33N5O2. The van der Waals surface area contributed by atoms with E-state index in [1.807, 2.05) is 36.1 Å². The summed E-state index contributed by atoms with van der Waals surface area (Å²) < 4.78 is 5.53. The number of carbonyl (C=O) groups is 1. The van der Waals surface area contributed by atoms with Gasteiger partial charge in [0, 0.05) is 43.0 Å². The number of nitriles is 1. The Morgan fingerprint density at radius 1 is 1.25 bits per heavy atom. The van der Waals surface area contributed by atoms with Crippen molar-refractivity contribution in [1.82, 2.24) is 15.2 Å². The molecule has 0 spiro atoms. The van der Waals surface area contributed by atoms with Gasteiger partial charge in [0.25, 0.3) is 0 Å². The number of nitrogens with zero attached hydrogens (tertiary/aromatic N) is 4. The molecule has 1 N–H and O–H groups in total. The maximum absolute atomic E-state index is 13.1. The van der Waals surface area contributed by atoms with Crippen LogP contribution in [0, 0.1) is 11.3 Å². The van der Waals surface area contributed by atoms with Gasteiger partial charge in [0.2, 0.25) is 5.91 Å². The number of carbonyl (C=O) groups excluding carboxylic acids is 1. The fourth-order valence-corrected chi connectivity index (χ4v) is 4.21. The lowest BCUT2D eigenvalue weighted by Crippen LogP contribution is -2.48. The minimum Gasteiger partial charge on any atom is -0.496 e. The molecular weight excluding hydrogens is 402 g/mol. The highest BCUT2D eigenvalue weighted by atomic mass is 16.5. The highest BCUT2D eigenvalue weighted by Gasteiger charge is 2.46. The summed E-state index contributed by atoms with van der Waals surface area (Å²) in [6, 6.07) is 13.8. The third-order valence-corrected chi connectivity index (χ3v) is 6.21. The van der Waals surface area contributed by atoms with Crippen LogP contribution in [0.1, 0.15) is 44.7 Å². The molecule has 1 unspecified atom stereocenters. The molecule has 0 saturated heterocycles. The first kappa shape index (κ1) is 23.6. The zero-order chi connectivity index (χ0) is 23.1. The number of benzene rings is 1. The van der Waals surface area contributed by atoms with Crippen molar-refractivity contribution in [2.45, 2.75) is 45.2 Å². The standard InChI is InChI=1S/C25H33N5O2/c1-5-29(18-19(3)30(6-2)23-12-11-20(15-26)16-27-23)24(31)17-28-25(13-14-25)21-9-7-8-10-22(21)32-4/h7-12,16,19,28H,5-6,13-14,17-18H2,1-4H3. The quantitative estimate of drug-likeness (QED) is 0.583. The largest absolute Gasteiger partial charge is 0.496 e. The molecule has 0 radical (unpaired) electrons. The van der Waals surface area contributed by atoms with Crippen molar-refractivity contribution >= 4 is 11.7 Å². The molecule has 170 valence electrons. The van der Waals surface area contributed by atoms with Crippen molar-refractivity contribution in [2.75, 3.05) is 38.2 Å². The summed E-state index contributed by atoms with van der Waals surface area (Å²) in [5.74, 6) is 1.76. The first-order chi connectivity index (χ1) is 15.5. The lowest BCUT2D eigenvalue weighted by Gasteiger charge is -2.33. The lowest BCUT2D eigenvalue weighted by atomic mass is 10.0. The van der Waals surface area contributed by atoms with Gasteiger partial charge in [-0.25, -0.2) is 4.98 Å². The van der Waals surface area contributed by atoms with Gasteiger partial charge in [0.05, 0.1) is 19.2 Å². The second-order valence-electron chi connectivity index (χ2n) is 8.22. The molecule has 32 heavy (non-hydrogen) atoms. The van der Waals surface area contributed by atoms with Gasteiger partial charge in [-0.1, -0.05) is 18.2 Å². The van der Waals surface area contributed by atoms with Crippen molar-refractivity contribution in [1.29, 1.82) is 5.26 Å². The van der Waals surface area contributed by atoms with Crippen molar-refractivity contribution in [2.24, 2.45) is 0 Å². The maximum Gasteiger partial charge on any atom is 0.236 e. The van der Waals surface area contributed by atoms with Crippen LogP contribution in [0.2, 0.25) is 0 Å². The number of hydrogen-bond acceptors (Lipinski definition) is 6. The summed E-state index contributed by atoms with van der Waals surface area (Å²) in [7, 11) is 1.68. The summed E-state index contributed by atoms with van der Waals surface area (Å²) in [5.41, 5.74) is 1.49. The van der Waals surface area contributed by atoms with Crippen LogP contribution in [0.25, 0.3) is 0 Å². The molecule has 0 aliphatic heterocycles. The number of aromatic nitrogens is 1. The second-order valence-corrected chi connectivity index (χ2v) is 8.22. The number of pyridine rings is 1. The number of likely N-dealkylation sites (N-methyl/N-ethyl adjacent to an activating group) is 2. The van der Waals surface area contributed by atoms with Crippen LogP contribution in [0.5, 0.6) is 5.75 Å². The van der Waals surface area contributed by atoms with E-state index < -0.39 is 0 Å². The summed E-state index contributed by atoms with van der Waals surface area (Å²) in [6.07, 6.45) is 3.58. The van der Waals surface area contributed by atoms with Crippen LogP contribution in [-0.4, -0.2) is 55.1 Å². The topological polar surface area (TPSA) is 81.5 Å². The number of hydrogen-bond donors (Lipinski definition) is 1. The predicted octanol–water partition coefficient (Wildman–Crippen LogP) is 3.30. The molecule has 1 aromatic carbocycles. The van der Waals surface area contributed by atoms with Crippen LogP contribution in [0.15, 0.2) is 42.6 Å². The zero-order valence-electron chi connectivity index (χ0n) is 19.5. The monoisotopic (exact) mass is 435 g/mol. The van der Waals surface area contributed by atoms with E-state index in [2.05, 4.69) is 41.2 Å². The minimum absolute atomic E-state index is 0.0874. The van der Waals surface area contributed by atoms with E-state index in [0.717, 1.165) is 36.5 Å². The molecule has 2 aromatic rings. The number of amides is 1. The van der Waals surface area contributed by atoms with Gasteiger partial charge in [-0.3, -0.25) is 10.1 Å². The van der Waals surface area contributed by atoms with Crippen molar-refractivity contribution in [3.63, 3.8) is 0 Å². The molecule has 1 aliphatic carbocycles. The number of ether oxygens (including phenoxy) is 1. The Kier molecular flexibility index (Phi) is 7.70. The first-order valence-corrected chi connectivity index (χ1v) is 11.3. The van der Waals surface area contributed by atoms with Gasteiger partial charge in [0.1, 0.15) is 17.6 Å². The van der Waals surface area contributed by atoms with Crippen LogP contribution >= 0.6 is 0 Å². The zero-order valence-corrected chi connectivity index (χ0v) is 19.5. The average molecular weight is 436 g/mol. The SMILES string of the molecule is CCN(CC(C)N(CC)c1ccc(C#N)cn1)C(=O)CNC1(c2ccccc2OC)CC1. The van der Waals surface area contributed by atoms with E-state index in [4.69, 9.17) is 10.00 Å². The van der Waals surface area contributed by atoms with Gasteiger partial charge >= 0.3 is 0 Å². The van der Waals surface area contributed by atoms with Crippen molar-refractivity contribution in [3.8, 4) is 11.8 Å². The molecule has 1 saturated carbocycles. The molecule has 7 heteroatoms. The molecule has 1 heterocycles. The second kappa shape index (κ2) is 10.5. The number of methoxy groups -OCH3 is 1. The number of anilines is 1. The Bertz CT molecular complexity index is 950. The minimum atomic E-state index is -0.171. The van der Waals surface area contributed by atoms with Gasteiger partial charge in [-0.05, 0) is 51.8 Å². The average Bonchev–Trinajstić information content (AvgIpc) is 3.63. The van der Waals surface area contributed by atoms with E-state index in [0.29, 0.717) is 25.2 Å². The molecule has 7 nitrogen and oxygen atoms in total. The highest BCUT2D eigenvalue weighted by Crippen LogP contribution is 2.48. The highest BCUT2D eigenvalue weighted by molar-refractivity contribution is 5.78. The van der Waals surface area contributed by atoms with E-state index in [1.54, 1.807) is 19.4 Å². The van der Waals surface area contributed by atoms with E-state index in [9.17, 15) is 4.79 Å². The molecule has 1 aromatic heterocycles. The lowest BCUT2D eigenvalue weighted by molar-refractivity contribution is -0.130. The molecule has 0 bridgehead atoms. The Morgan fingerprint density at radius 3 is 2.56 bits per heavy atom. The molecule has 3 rings (SSSR count). The summed E-state index contributed by atoms with van der Waals surface area (Å²) in [6.45, 7) is 8.48. The Hall–Kier alpha value is -3.11. The van der Waals surface area contributed by atoms with Gasteiger partial charge in [-0.2, -0.15) is 5.26 Å². The number of para-hydroxylation sites is 1. The van der Waals surface area contributed by atoms with Crippen LogP contribution < -0.4 is 15.0 Å². The van der Waals surface area contributed by atoms with E-state index in [1.165, 1.54) is 0 Å². The van der Waals surface area contributed by atoms with Crippen molar-refractivity contribution in [3.05, 3.63) is 53.7 Å². The Morgan fingerprint density at radius 2 is 2.00 bits per heavy atom. The molecule has 1 fully saturated rings. The summed E-state index contributed by atoms with van der Waals surface area (Å²) in [4.78, 5) is 21.5. The van der Waals surface area contributed by atoms with Gasteiger partial charge in [-0.15, -0.1) is 0 Å². The van der Waals surface area contributed by atoms with Crippen LogP contribution in [-0.2, 0) is 10.3 Å². The Balaban J connectivity index is 1.62.